The molecule has 0 fully saturated rings. The second-order valence-corrected chi connectivity index (χ2v) is 5.83. The molecule has 0 atom stereocenters. The molecular weight excluding hydrogens is 296 g/mol. The Morgan fingerprint density at radius 3 is 2.33 bits per heavy atom. The van der Waals surface area contributed by atoms with E-state index in [9.17, 15) is 0 Å². The van der Waals surface area contributed by atoms with E-state index >= 15 is 0 Å². The Morgan fingerprint density at radius 2 is 1.58 bits per heavy atom. The lowest BCUT2D eigenvalue weighted by Crippen LogP contribution is -1.96. The largest absolute Gasteiger partial charge is 0.487 e. The van der Waals surface area contributed by atoms with Gasteiger partial charge in [-0.25, -0.2) is 4.98 Å². The van der Waals surface area contributed by atoms with Crippen molar-refractivity contribution in [2.45, 2.75) is 13.5 Å². The molecule has 4 aromatic rings. The molecule has 0 unspecified atom stereocenters. The van der Waals surface area contributed by atoms with Crippen molar-refractivity contribution >= 4 is 11.0 Å². The first-order valence-corrected chi connectivity index (χ1v) is 8.03. The molecule has 3 heteroatoms. The number of benzene rings is 3. The third-order valence-corrected chi connectivity index (χ3v) is 4.10. The zero-order valence-electron chi connectivity index (χ0n) is 13.5. The zero-order chi connectivity index (χ0) is 16.4. The third kappa shape index (κ3) is 2.76. The fourth-order valence-electron chi connectivity index (χ4n) is 2.78. The van der Waals surface area contributed by atoms with Crippen LogP contribution in [0.15, 0.2) is 72.8 Å². The van der Waals surface area contributed by atoms with Gasteiger partial charge in [-0.15, -0.1) is 0 Å². The fourth-order valence-corrected chi connectivity index (χ4v) is 2.78. The highest BCUT2D eigenvalue weighted by molar-refractivity contribution is 5.87. The predicted molar refractivity (Wildman–Crippen MR) is 97.0 cm³/mol. The number of hydrogen-bond donors (Lipinski definition) is 1. The van der Waals surface area contributed by atoms with E-state index in [-0.39, 0.29) is 0 Å². The summed E-state index contributed by atoms with van der Waals surface area (Å²) in [5, 5.41) is 0. The van der Waals surface area contributed by atoms with E-state index in [2.05, 4.69) is 42.2 Å². The first kappa shape index (κ1) is 14.5. The van der Waals surface area contributed by atoms with Gasteiger partial charge in [0, 0.05) is 5.56 Å². The van der Waals surface area contributed by atoms with E-state index in [1.165, 1.54) is 0 Å². The topological polar surface area (TPSA) is 37.9 Å². The molecule has 1 heterocycles. The van der Waals surface area contributed by atoms with Gasteiger partial charge in [-0.2, -0.15) is 0 Å². The van der Waals surface area contributed by atoms with Gasteiger partial charge < -0.3 is 9.72 Å². The van der Waals surface area contributed by atoms with E-state index in [0.29, 0.717) is 6.61 Å². The highest BCUT2D eigenvalue weighted by atomic mass is 16.5. The van der Waals surface area contributed by atoms with Crippen LogP contribution in [-0.2, 0) is 6.61 Å². The molecule has 3 nitrogen and oxygen atoms in total. The van der Waals surface area contributed by atoms with Crippen molar-refractivity contribution in [3.63, 3.8) is 0 Å². The lowest BCUT2D eigenvalue weighted by molar-refractivity contribution is 0.309. The van der Waals surface area contributed by atoms with Crippen molar-refractivity contribution in [3.05, 3.63) is 83.9 Å². The molecule has 4 rings (SSSR count). The van der Waals surface area contributed by atoms with Crippen molar-refractivity contribution in [1.29, 1.82) is 0 Å². The highest BCUT2D eigenvalue weighted by Crippen LogP contribution is 2.30. The van der Waals surface area contributed by atoms with Gasteiger partial charge in [0.15, 0.2) is 0 Å². The molecule has 0 bridgehead atoms. The molecule has 24 heavy (non-hydrogen) atoms. The molecule has 118 valence electrons. The van der Waals surface area contributed by atoms with Crippen molar-refractivity contribution in [1.82, 2.24) is 9.97 Å². The van der Waals surface area contributed by atoms with E-state index in [1.54, 1.807) is 0 Å². The van der Waals surface area contributed by atoms with E-state index in [1.807, 2.05) is 42.5 Å². The average Bonchev–Trinajstić information content (AvgIpc) is 3.09. The number of H-pyrrole nitrogens is 1. The quantitative estimate of drug-likeness (QED) is 0.568. The summed E-state index contributed by atoms with van der Waals surface area (Å²) in [4.78, 5) is 8.20. The summed E-state index contributed by atoms with van der Waals surface area (Å²) in [6.07, 6.45) is 0. The van der Waals surface area contributed by atoms with Gasteiger partial charge in [-0.3, -0.25) is 0 Å². The second kappa shape index (κ2) is 6.20. The number of aryl methyl sites for hydroxylation is 1. The Morgan fingerprint density at radius 1 is 0.875 bits per heavy atom. The van der Waals surface area contributed by atoms with Crippen molar-refractivity contribution < 1.29 is 4.74 Å². The summed E-state index contributed by atoms with van der Waals surface area (Å²) in [6.45, 7) is 2.61. The Balaban J connectivity index is 1.71. The Labute approximate surface area is 140 Å². The monoisotopic (exact) mass is 314 g/mol. The number of aromatic amines is 1. The molecule has 1 N–H and O–H groups in total. The maximum Gasteiger partial charge on any atom is 0.147 e. The van der Waals surface area contributed by atoms with Crippen molar-refractivity contribution in [3.8, 4) is 17.1 Å². The lowest BCUT2D eigenvalue weighted by Gasteiger charge is -2.07. The second-order valence-electron chi connectivity index (χ2n) is 5.83. The number of hydrogen-bond acceptors (Lipinski definition) is 2. The van der Waals surface area contributed by atoms with E-state index in [4.69, 9.17) is 9.72 Å². The van der Waals surface area contributed by atoms with E-state index in [0.717, 1.165) is 39.3 Å². The van der Waals surface area contributed by atoms with Crippen LogP contribution in [0.5, 0.6) is 5.75 Å². The summed E-state index contributed by atoms with van der Waals surface area (Å²) in [6, 6.07) is 24.4. The van der Waals surface area contributed by atoms with E-state index < -0.39 is 0 Å². The molecule has 0 amide bonds. The minimum Gasteiger partial charge on any atom is -0.487 e. The van der Waals surface area contributed by atoms with Crippen LogP contribution in [0.3, 0.4) is 0 Å². The average molecular weight is 314 g/mol. The number of ether oxygens (including phenoxy) is 1. The van der Waals surface area contributed by atoms with Crippen LogP contribution in [-0.4, -0.2) is 9.97 Å². The van der Waals surface area contributed by atoms with Gasteiger partial charge in [-0.1, -0.05) is 66.7 Å². The molecule has 0 saturated heterocycles. The summed E-state index contributed by atoms with van der Waals surface area (Å²) < 4.78 is 6.03. The molecular formula is C21H18N2O. The van der Waals surface area contributed by atoms with Crippen LogP contribution in [0.25, 0.3) is 22.4 Å². The minimum atomic E-state index is 0.534. The van der Waals surface area contributed by atoms with Gasteiger partial charge in [0.25, 0.3) is 0 Å². The Hall–Kier alpha value is -3.07. The zero-order valence-corrected chi connectivity index (χ0v) is 13.5. The van der Waals surface area contributed by atoms with Gasteiger partial charge in [0.05, 0.1) is 5.52 Å². The van der Waals surface area contributed by atoms with Crippen molar-refractivity contribution in [2.24, 2.45) is 0 Å². The molecule has 0 saturated carbocycles. The van der Waals surface area contributed by atoms with Crippen LogP contribution in [0.4, 0.5) is 0 Å². The highest BCUT2D eigenvalue weighted by Gasteiger charge is 2.12. The van der Waals surface area contributed by atoms with Crippen molar-refractivity contribution in [2.75, 3.05) is 0 Å². The number of nitrogens with zero attached hydrogens (tertiary/aromatic N) is 1. The number of rotatable bonds is 4. The molecule has 0 aliphatic rings. The molecule has 0 radical (unpaired) electrons. The summed E-state index contributed by atoms with van der Waals surface area (Å²) in [7, 11) is 0. The maximum atomic E-state index is 6.03. The summed E-state index contributed by atoms with van der Waals surface area (Å²) >= 11 is 0. The smallest absolute Gasteiger partial charge is 0.147 e. The Kier molecular flexibility index (Phi) is 3.75. The Bertz CT molecular complexity index is 959. The predicted octanol–water partition coefficient (Wildman–Crippen LogP) is 5.12. The number of aromatic nitrogens is 2. The third-order valence-electron chi connectivity index (χ3n) is 4.10. The first-order chi connectivity index (χ1) is 11.8. The molecule has 1 aromatic heterocycles. The number of imidazole rings is 1. The molecule has 0 spiro atoms. The minimum absolute atomic E-state index is 0.534. The fraction of sp³-hybridized carbons (Fsp3) is 0.0952. The maximum absolute atomic E-state index is 6.03. The number of fused-ring (bicyclic) bond motifs is 1. The van der Waals surface area contributed by atoms with Crippen LogP contribution in [0.2, 0.25) is 0 Å². The van der Waals surface area contributed by atoms with Gasteiger partial charge in [-0.05, 0) is 24.1 Å². The van der Waals surface area contributed by atoms with Crippen LogP contribution in [0, 0.1) is 6.92 Å². The van der Waals surface area contributed by atoms with Gasteiger partial charge >= 0.3 is 0 Å². The SMILES string of the molecule is Cc1ccc(OCc2ccccc2)c2nc(-c3ccccc3)[nH]c12. The molecule has 3 aromatic carbocycles. The van der Waals surface area contributed by atoms with Crippen LogP contribution in [0.1, 0.15) is 11.1 Å². The van der Waals surface area contributed by atoms with Gasteiger partial charge in [0.2, 0.25) is 0 Å². The molecule has 0 aliphatic heterocycles. The summed E-state index contributed by atoms with van der Waals surface area (Å²) in [5.41, 5.74) is 5.28. The number of nitrogens with one attached hydrogen (secondary N) is 1. The first-order valence-electron chi connectivity index (χ1n) is 8.03. The standard InChI is InChI=1S/C21H18N2O/c1-15-12-13-18(24-14-16-8-4-2-5-9-16)20-19(15)22-21(23-20)17-10-6-3-7-11-17/h2-13H,14H2,1H3,(H,22,23). The van der Waals surface area contributed by atoms with Gasteiger partial charge in [0.1, 0.15) is 23.7 Å². The van der Waals surface area contributed by atoms with Crippen LogP contribution >= 0.6 is 0 Å². The lowest BCUT2D eigenvalue weighted by atomic mass is 10.2. The van der Waals surface area contributed by atoms with Crippen LogP contribution < -0.4 is 4.74 Å². The summed E-state index contributed by atoms with van der Waals surface area (Å²) in [5.74, 6) is 1.67. The molecule has 0 aliphatic carbocycles. The normalized spacial score (nSPS) is 10.9.